The molecule has 3 unspecified atom stereocenters. The van der Waals surface area contributed by atoms with E-state index in [0.29, 0.717) is 12.3 Å². The van der Waals surface area contributed by atoms with E-state index in [2.05, 4.69) is 48.3 Å². The molecule has 5 heteroatoms. The van der Waals surface area contributed by atoms with Crippen LogP contribution in [0.15, 0.2) is 54.6 Å². The zero-order chi connectivity index (χ0) is 24.1. The summed E-state index contributed by atoms with van der Waals surface area (Å²) in [5.41, 5.74) is 2.44. The number of nitrogens with one attached hydrogen (secondary N) is 1. The van der Waals surface area contributed by atoms with E-state index >= 15 is 0 Å². The number of amides is 2. The van der Waals surface area contributed by atoms with Gasteiger partial charge >= 0.3 is 0 Å². The minimum Gasteiger partial charge on any atom is -0.353 e. The van der Waals surface area contributed by atoms with Crippen molar-refractivity contribution >= 4 is 23.4 Å². The van der Waals surface area contributed by atoms with E-state index in [0.717, 1.165) is 56.6 Å². The summed E-state index contributed by atoms with van der Waals surface area (Å²) in [4.78, 5) is 28.4. The fourth-order valence-corrected chi connectivity index (χ4v) is 6.00. The number of rotatable bonds is 6. The Hall–Kier alpha value is -2.33. The second kappa shape index (κ2) is 10.9. The quantitative estimate of drug-likeness (QED) is 0.552. The lowest BCUT2D eigenvalue weighted by Crippen LogP contribution is -2.54. The van der Waals surface area contributed by atoms with Crippen molar-refractivity contribution in [2.24, 2.45) is 11.3 Å². The molecule has 4 nitrogen and oxygen atoms in total. The predicted molar refractivity (Wildman–Crippen MR) is 138 cm³/mol. The Morgan fingerprint density at radius 3 is 2.41 bits per heavy atom. The summed E-state index contributed by atoms with van der Waals surface area (Å²) in [7, 11) is 0. The third-order valence-corrected chi connectivity index (χ3v) is 7.98. The minimum atomic E-state index is -0.114. The smallest absolute Gasteiger partial charge is 0.227 e. The number of carbonyl (C=O) groups excluding carboxylic acids is 2. The highest BCUT2D eigenvalue weighted by molar-refractivity contribution is 6.30. The highest BCUT2D eigenvalue weighted by atomic mass is 35.5. The molecule has 34 heavy (non-hydrogen) atoms. The Labute approximate surface area is 209 Å². The van der Waals surface area contributed by atoms with Crippen LogP contribution in [0.25, 0.3) is 0 Å². The first-order valence-corrected chi connectivity index (χ1v) is 13.1. The van der Waals surface area contributed by atoms with Crippen molar-refractivity contribution in [3.63, 3.8) is 0 Å². The predicted octanol–water partition coefficient (Wildman–Crippen LogP) is 5.99. The van der Waals surface area contributed by atoms with Crippen molar-refractivity contribution < 1.29 is 9.59 Å². The van der Waals surface area contributed by atoms with E-state index < -0.39 is 0 Å². The highest BCUT2D eigenvalue weighted by Crippen LogP contribution is 2.43. The number of hydrogen-bond donors (Lipinski definition) is 1. The molecular weight excluding hydrogens is 444 g/mol. The van der Waals surface area contributed by atoms with Crippen LogP contribution in [0.5, 0.6) is 0 Å². The van der Waals surface area contributed by atoms with E-state index in [1.165, 1.54) is 11.1 Å². The molecule has 2 aliphatic rings. The van der Waals surface area contributed by atoms with Gasteiger partial charge in [-0.05, 0) is 60.3 Å². The molecule has 0 radical (unpaired) electrons. The van der Waals surface area contributed by atoms with Crippen LogP contribution in [0.1, 0.15) is 69.4 Å². The molecular formula is C29H37ClN2O2. The number of benzene rings is 2. The maximum Gasteiger partial charge on any atom is 0.227 e. The number of aryl methyl sites for hydroxylation is 1. The molecule has 1 aliphatic heterocycles. The normalized spacial score (nSPS) is 24.4. The molecule has 2 amide bonds. The number of piperidine rings is 1. The van der Waals surface area contributed by atoms with Gasteiger partial charge in [0.05, 0.1) is 5.92 Å². The van der Waals surface area contributed by atoms with Crippen molar-refractivity contribution in [3.05, 3.63) is 70.7 Å². The fourth-order valence-electron chi connectivity index (χ4n) is 5.87. The highest BCUT2D eigenvalue weighted by Gasteiger charge is 2.41. The third-order valence-electron chi connectivity index (χ3n) is 7.73. The average Bonchev–Trinajstić information content (AvgIpc) is 2.83. The molecule has 4 rings (SSSR count). The molecule has 1 saturated heterocycles. The summed E-state index contributed by atoms with van der Waals surface area (Å²) in [5, 5.41) is 3.97. The Balaban J connectivity index is 1.36. The van der Waals surface area contributed by atoms with Crippen LogP contribution in [0, 0.1) is 11.3 Å². The van der Waals surface area contributed by atoms with Gasteiger partial charge in [-0.15, -0.1) is 0 Å². The molecule has 0 spiro atoms. The molecule has 2 aromatic rings. The average molecular weight is 481 g/mol. The third kappa shape index (κ3) is 6.02. The van der Waals surface area contributed by atoms with Crippen molar-refractivity contribution in [3.8, 4) is 0 Å². The van der Waals surface area contributed by atoms with E-state index in [1.54, 1.807) is 0 Å². The van der Waals surface area contributed by atoms with Crippen molar-refractivity contribution in [1.29, 1.82) is 0 Å². The zero-order valence-corrected chi connectivity index (χ0v) is 21.2. The molecule has 1 heterocycles. The van der Waals surface area contributed by atoms with Crippen LogP contribution in [0.3, 0.4) is 0 Å². The van der Waals surface area contributed by atoms with E-state index in [-0.39, 0.29) is 29.2 Å². The molecule has 0 aromatic heterocycles. The first-order chi connectivity index (χ1) is 16.3. The molecule has 2 fully saturated rings. The van der Waals surface area contributed by atoms with Gasteiger partial charge < -0.3 is 10.2 Å². The van der Waals surface area contributed by atoms with Crippen LogP contribution in [-0.2, 0) is 16.0 Å². The van der Waals surface area contributed by atoms with E-state index in [4.69, 9.17) is 11.6 Å². The fraction of sp³-hybridized carbons (Fsp3) is 0.517. The lowest BCUT2D eigenvalue weighted by Gasteiger charge is -2.46. The minimum absolute atomic E-state index is 0.0230. The second-order valence-corrected chi connectivity index (χ2v) is 11.1. The number of nitrogens with zero attached hydrogens (tertiary/aromatic N) is 1. The lowest BCUT2D eigenvalue weighted by atomic mass is 9.70. The Morgan fingerprint density at radius 2 is 1.71 bits per heavy atom. The Bertz CT molecular complexity index is 973. The van der Waals surface area contributed by atoms with Crippen molar-refractivity contribution in [2.45, 2.75) is 70.8 Å². The summed E-state index contributed by atoms with van der Waals surface area (Å²) < 4.78 is 0. The number of halogens is 1. The van der Waals surface area contributed by atoms with Gasteiger partial charge in [0.1, 0.15) is 0 Å². The van der Waals surface area contributed by atoms with Crippen LogP contribution in [0.4, 0.5) is 0 Å². The monoisotopic (exact) mass is 480 g/mol. The second-order valence-electron chi connectivity index (χ2n) is 10.7. The van der Waals surface area contributed by atoms with E-state index in [9.17, 15) is 9.59 Å². The zero-order valence-electron chi connectivity index (χ0n) is 20.4. The molecule has 3 atom stereocenters. The van der Waals surface area contributed by atoms with Crippen molar-refractivity contribution in [1.82, 2.24) is 10.2 Å². The SMILES string of the molecule is CC1(C)CN(C(=O)C2CCCCC2NC(=O)CCc2ccccc2)CCC1c1ccc(Cl)cc1. The van der Waals surface area contributed by atoms with Crippen LogP contribution in [0.2, 0.25) is 5.02 Å². The summed E-state index contributed by atoms with van der Waals surface area (Å²) in [6, 6.07) is 18.2. The summed E-state index contributed by atoms with van der Waals surface area (Å²) in [6.45, 7) is 6.02. The van der Waals surface area contributed by atoms with Gasteiger partial charge in [-0.3, -0.25) is 9.59 Å². The van der Waals surface area contributed by atoms with Crippen LogP contribution in [-0.4, -0.2) is 35.8 Å². The number of likely N-dealkylation sites (tertiary alicyclic amines) is 1. The van der Waals surface area contributed by atoms with Crippen molar-refractivity contribution in [2.75, 3.05) is 13.1 Å². The first kappa shape index (κ1) is 24.8. The molecule has 1 N–H and O–H groups in total. The van der Waals surface area contributed by atoms with Gasteiger partial charge in [0.15, 0.2) is 0 Å². The standard InChI is InChI=1S/C29H37ClN2O2/c1-29(2)20-32(19-18-25(29)22-13-15-23(30)16-14-22)28(34)24-10-6-7-11-26(24)31-27(33)17-12-21-8-4-3-5-9-21/h3-5,8-9,13-16,24-26H,6-7,10-12,17-20H2,1-2H3,(H,31,33). The molecule has 1 aliphatic carbocycles. The van der Waals surface area contributed by atoms with Crippen LogP contribution < -0.4 is 5.32 Å². The largest absolute Gasteiger partial charge is 0.353 e. The topological polar surface area (TPSA) is 49.4 Å². The van der Waals surface area contributed by atoms with Gasteiger partial charge in [-0.2, -0.15) is 0 Å². The molecule has 0 bridgehead atoms. The van der Waals surface area contributed by atoms with E-state index in [1.807, 2.05) is 30.3 Å². The first-order valence-electron chi connectivity index (χ1n) is 12.7. The van der Waals surface area contributed by atoms with Gasteiger partial charge in [0.25, 0.3) is 0 Å². The molecule has 2 aromatic carbocycles. The number of hydrogen-bond acceptors (Lipinski definition) is 2. The molecule has 1 saturated carbocycles. The number of carbonyl (C=O) groups is 2. The Kier molecular flexibility index (Phi) is 7.98. The van der Waals surface area contributed by atoms with Crippen LogP contribution >= 0.6 is 11.6 Å². The summed E-state index contributed by atoms with van der Waals surface area (Å²) >= 11 is 6.09. The Morgan fingerprint density at radius 1 is 1.00 bits per heavy atom. The van der Waals surface area contributed by atoms with Gasteiger partial charge in [-0.1, -0.05) is 80.8 Å². The summed E-state index contributed by atoms with van der Waals surface area (Å²) in [5.74, 6) is 0.553. The van der Waals surface area contributed by atoms with Gasteiger partial charge in [0.2, 0.25) is 11.8 Å². The lowest BCUT2D eigenvalue weighted by molar-refractivity contribution is -0.141. The summed E-state index contributed by atoms with van der Waals surface area (Å²) in [6.07, 6.45) is 6.00. The molecule has 182 valence electrons. The maximum absolute atomic E-state index is 13.7. The van der Waals surface area contributed by atoms with Gasteiger partial charge in [-0.25, -0.2) is 0 Å². The van der Waals surface area contributed by atoms with Gasteiger partial charge in [0, 0.05) is 30.6 Å². The maximum atomic E-state index is 13.7.